The topological polar surface area (TPSA) is 26.3 Å². The van der Waals surface area contributed by atoms with Crippen molar-refractivity contribution in [3.05, 3.63) is 12.2 Å². The molecule has 3 nitrogen and oxygen atoms in total. The number of quaternary nitrogens is 1. The normalized spacial score (nSPS) is 11.1. The van der Waals surface area contributed by atoms with Gasteiger partial charge in [0.1, 0.15) is 17.7 Å². The quantitative estimate of drug-likeness (QED) is 0.163. The SMILES string of the molecule is C=C(CI)C(=O)OCC[N+](C)(C)CI. The molecule has 0 rings (SSSR count). The Morgan fingerprint density at radius 1 is 1.43 bits per heavy atom. The van der Waals surface area contributed by atoms with E-state index in [4.69, 9.17) is 4.74 Å². The summed E-state index contributed by atoms with van der Waals surface area (Å²) in [5.41, 5.74) is 0.533. The molecule has 0 saturated carbocycles. The van der Waals surface area contributed by atoms with Crippen LogP contribution in [0, 0.1) is 0 Å². The molecule has 0 aliphatic carbocycles. The molecule has 0 atom stereocenters. The Kier molecular flexibility index (Phi) is 7.31. The number of likely N-dealkylation sites (N-methyl/N-ethyl adjacent to an activating group) is 1. The lowest BCUT2D eigenvalue weighted by atomic mass is 10.4. The minimum Gasteiger partial charge on any atom is -0.456 e. The van der Waals surface area contributed by atoms with Gasteiger partial charge < -0.3 is 9.22 Å². The first-order valence-electron chi connectivity index (χ1n) is 4.22. The molecule has 0 aromatic heterocycles. The maximum Gasteiger partial charge on any atom is 0.334 e. The lowest BCUT2D eigenvalue weighted by Crippen LogP contribution is -2.41. The molecule has 0 saturated heterocycles. The van der Waals surface area contributed by atoms with Gasteiger partial charge in [-0.15, -0.1) is 0 Å². The number of ether oxygens (including phenoxy) is 1. The summed E-state index contributed by atoms with van der Waals surface area (Å²) in [5.74, 6) is -0.271. The van der Waals surface area contributed by atoms with Crippen LogP contribution in [0.25, 0.3) is 0 Å². The van der Waals surface area contributed by atoms with Gasteiger partial charge in [0, 0.05) is 10.0 Å². The number of carbonyl (C=O) groups excluding carboxylic acids is 1. The zero-order valence-corrected chi connectivity index (χ0v) is 12.9. The molecule has 0 aromatic rings. The van der Waals surface area contributed by atoms with Crippen LogP contribution in [0.4, 0.5) is 0 Å². The zero-order valence-electron chi connectivity index (χ0n) is 8.56. The van der Waals surface area contributed by atoms with Crippen LogP contribution in [0.5, 0.6) is 0 Å². The van der Waals surface area contributed by atoms with Crippen molar-refractivity contribution in [2.75, 3.05) is 36.2 Å². The van der Waals surface area contributed by atoms with Crippen molar-refractivity contribution < 1.29 is 14.0 Å². The number of alkyl halides is 2. The number of esters is 1. The predicted molar refractivity (Wildman–Crippen MR) is 74.8 cm³/mol. The van der Waals surface area contributed by atoms with Crippen LogP contribution in [0.1, 0.15) is 0 Å². The Morgan fingerprint density at radius 2 is 2.00 bits per heavy atom. The van der Waals surface area contributed by atoms with E-state index in [0.29, 0.717) is 16.6 Å². The third-order valence-corrected chi connectivity index (χ3v) is 4.47. The Bertz CT molecular complexity index is 217. The fourth-order valence-corrected chi connectivity index (χ4v) is 1.25. The molecule has 0 amide bonds. The van der Waals surface area contributed by atoms with Crippen LogP contribution in [-0.2, 0) is 9.53 Å². The van der Waals surface area contributed by atoms with E-state index >= 15 is 0 Å². The maximum atomic E-state index is 11.2. The molecule has 0 radical (unpaired) electrons. The summed E-state index contributed by atoms with van der Waals surface area (Å²) in [7, 11) is 4.21. The second kappa shape index (κ2) is 7.00. The average Bonchev–Trinajstić information content (AvgIpc) is 2.16. The molecule has 0 spiro atoms. The Morgan fingerprint density at radius 3 is 2.43 bits per heavy atom. The van der Waals surface area contributed by atoms with Crippen molar-refractivity contribution in [3.63, 3.8) is 0 Å². The molecule has 0 N–H and O–H groups in total. The number of hydrogen-bond donors (Lipinski definition) is 0. The average molecular weight is 424 g/mol. The molecular formula is C9H16I2NO2+. The number of hydrogen-bond acceptors (Lipinski definition) is 2. The van der Waals surface area contributed by atoms with Gasteiger partial charge in [0.25, 0.3) is 0 Å². The molecule has 0 unspecified atom stereocenters. The van der Waals surface area contributed by atoms with Crippen LogP contribution < -0.4 is 0 Å². The molecule has 0 aliphatic rings. The second-order valence-electron chi connectivity index (χ2n) is 3.65. The fraction of sp³-hybridized carbons (Fsp3) is 0.667. The van der Waals surface area contributed by atoms with E-state index < -0.39 is 0 Å². The van der Waals surface area contributed by atoms with Gasteiger partial charge in [0.05, 0.1) is 14.1 Å². The highest BCUT2D eigenvalue weighted by molar-refractivity contribution is 14.1. The number of nitrogens with zero attached hydrogens (tertiary/aromatic N) is 1. The van der Waals surface area contributed by atoms with Crippen LogP contribution in [-0.4, -0.2) is 46.7 Å². The lowest BCUT2D eigenvalue weighted by molar-refractivity contribution is -0.874. The van der Waals surface area contributed by atoms with Crippen molar-refractivity contribution in [2.24, 2.45) is 0 Å². The van der Waals surface area contributed by atoms with Crippen LogP contribution in [0.3, 0.4) is 0 Å². The minimum atomic E-state index is -0.271. The number of rotatable bonds is 6. The third-order valence-electron chi connectivity index (χ3n) is 1.70. The molecule has 0 bridgehead atoms. The van der Waals surface area contributed by atoms with Gasteiger partial charge in [-0.3, -0.25) is 0 Å². The van der Waals surface area contributed by atoms with Crippen LogP contribution in [0.2, 0.25) is 0 Å². The van der Waals surface area contributed by atoms with E-state index in [1.807, 2.05) is 0 Å². The maximum absolute atomic E-state index is 11.2. The summed E-state index contributed by atoms with van der Waals surface area (Å²) in [6.07, 6.45) is 0. The van der Waals surface area contributed by atoms with E-state index in [-0.39, 0.29) is 5.97 Å². The van der Waals surface area contributed by atoms with Gasteiger partial charge in [-0.05, 0) is 22.6 Å². The minimum absolute atomic E-state index is 0.271. The molecule has 5 heteroatoms. The van der Waals surface area contributed by atoms with Crippen molar-refractivity contribution in [3.8, 4) is 0 Å². The Hall–Kier alpha value is 0.630. The zero-order chi connectivity index (χ0) is 11.2. The van der Waals surface area contributed by atoms with E-state index in [1.54, 1.807) is 0 Å². The van der Waals surface area contributed by atoms with Gasteiger partial charge in [0.15, 0.2) is 0 Å². The molecule has 82 valence electrons. The fourth-order valence-electron chi connectivity index (χ4n) is 0.602. The standard InChI is InChI=1S/C9H16I2NO2/c1-8(6-10)9(13)14-5-4-12(2,3)7-11/h1,4-7H2,2-3H3/q+1. The van der Waals surface area contributed by atoms with E-state index in [1.165, 1.54) is 0 Å². The van der Waals surface area contributed by atoms with Gasteiger partial charge >= 0.3 is 5.97 Å². The van der Waals surface area contributed by atoms with Crippen molar-refractivity contribution >= 4 is 51.2 Å². The smallest absolute Gasteiger partial charge is 0.334 e. The largest absolute Gasteiger partial charge is 0.456 e. The molecule has 14 heavy (non-hydrogen) atoms. The van der Waals surface area contributed by atoms with E-state index in [9.17, 15) is 4.79 Å². The van der Waals surface area contributed by atoms with E-state index in [2.05, 4.69) is 65.9 Å². The number of carbonyl (C=O) groups is 1. The van der Waals surface area contributed by atoms with Crippen molar-refractivity contribution in [2.45, 2.75) is 0 Å². The summed E-state index contributed by atoms with van der Waals surface area (Å²) in [5, 5.41) is 0. The van der Waals surface area contributed by atoms with Crippen LogP contribution >= 0.6 is 45.2 Å². The Balaban J connectivity index is 3.75. The predicted octanol–water partition coefficient (Wildman–Crippen LogP) is 1.99. The monoisotopic (exact) mass is 424 g/mol. The highest BCUT2D eigenvalue weighted by atomic mass is 127. The lowest BCUT2D eigenvalue weighted by Gasteiger charge is -2.26. The van der Waals surface area contributed by atoms with Crippen molar-refractivity contribution in [1.29, 1.82) is 0 Å². The summed E-state index contributed by atoms with van der Waals surface area (Å²) in [6.45, 7) is 4.92. The molecule has 0 aromatic carbocycles. The Labute approximate surface area is 113 Å². The third kappa shape index (κ3) is 6.18. The molecular weight excluding hydrogens is 408 g/mol. The highest BCUT2D eigenvalue weighted by Gasteiger charge is 2.14. The van der Waals surface area contributed by atoms with Crippen molar-refractivity contribution in [1.82, 2.24) is 0 Å². The second-order valence-corrected chi connectivity index (χ2v) is 5.10. The summed E-state index contributed by atoms with van der Waals surface area (Å²) in [4.78, 5) is 11.2. The first kappa shape index (κ1) is 14.6. The first-order chi connectivity index (χ1) is 6.43. The van der Waals surface area contributed by atoms with Gasteiger partial charge in [-0.1, -0.05) is 29.2 Å². The highest BCUT2D eigenvalue weighted by Crippen LogP contribution is 2.03. The first-order valence-corrected chi connectivity index (χ1v) is 7.27. The summed E-state index contributed by atoms with van der Waals surface area (Å²) in [6, 6.07) is 0. The van der Waals surface area contributed by atoms with Crippen LogP contribution in [0.15, 0.2) is 12.2 Å². The van der Waals surface area contributed by atoms with Gasteiger partial charge in [-0.2, -0.15) is 0 Å². The molecule has 0 aliphatic heterocycles. The molecule has 0 fully saturated rings. The summed E-state index contributed by atoms with van der Waals surface area (Å²) >= 11 is 4.42. The van der Waals surface area contributed by atoms with Gasteiger partial charge in [0.2, 0.25) is 0 Å². The van der Waals surface area contributed by atoms with E-state index in [0.717, 1.165) is 15.6 Å². The summed E-state index contributed by atoms with van der Waals surface area (Å²) < 4.78 is 7.55. The number of halogens is 2. The molecule has 0 heterocycles. The van der Waals surface area contributed by atoms with Gasteiger partial charge in [-0.25, -0.2) is 4.79 Å².